The van der Waals surface area contributed by atoms with Crippen molar-refractivity contribution in [1.82, 2.24) is 24.2 Å². The van der Waals surface area contributed by atoms with Gasteiger partial charge < -0.3 is 15.6 Å². The summed E-state index contributed by atoms with van der Waals surface area (Å²) >= 11 is 0. The third-order valence-corrected chi connectivity index (χ3v) is 8.02. The molecule has 0 radical (unpaired) electrons. The van der Waals surface area contributed by atoms with Gasteiger partial charge in [0.1, 0.15) is 11.3 Å². The van der Waals surface area contributed by atoms with Crippen molar-refractivity contribution in [3.63, 3.8) is 0 Å². The van der Waals surface area contributed by atoms with Crippen LogP contribution in [-0.4, -0.2) is 52.5 Å². The number of anilines is 1. The van der Waals surface area contributed by atoms with E-state index in [-0.39, 0.29) is 18.5 Å². The van der Waals surface area contributed by atoms with E-state index in [4.69, 9.17) is 10.7 Å². The van der Waals surface area contributed by atoms with Gasteiger partial charge in [0.25, 0.3) is 5.91 Å². The number of sulfonamides is 1. The smallest absolute Gasteiger partial charge is 0.251 e. The maximum Gasteiger partial charge on any atom is 0.251 e. The van der Waals surface area contributed by atoms with E-state index in [1.165, 1.54) is 16.1 Å². The number of nitrogens with zero attached hydrogens (tertiary/aromatic N) is 4. The molecule has 5 rings (SSSR count). The summed E-state index contributed by atoms with van der Waals surface area (Å²) in [6.07, 6.45) is 6.68. The van der Waals surface area contributed by atoms with Crippen molar-refractivity contribution in [1.29, 1.82) is 0 Å². The number of hydrogen-bond donors (Lipinski definition) is 2. The molecule has 0 saturated carbocycles. The summed E-state index contributed by atoms with van der Waals surface area (Å²) in [6.45, 7) is 1.11. The molecule has 1 atom stereocenters. The lowest BCUT2D eigenvalue weighted by molar-refractivity contribution is 0.0952. The minimum Gasteiger partial charge on any atom is -0.382 e. The third kappa shape index (κ3) is 4.27. The van der Waals surface area contributed by atoms with Gasteiger partial charge in [-0.05, 0) is 56.2 Å². The number of nitrogen functional groups attached to an aromatic ring is 1. The van der Waals surface area contributed by atoms with E-state index < -0.39 is 10.0 Å². The first-order valence-corrected chi connectivity index (χ1v) is 13.6. The van der Waals surface area contributed by atoms with Gasteiger partial charge in [-0.25, -0.2) is 18.4 Å². The van der Waals surface area contributed by atoms with Crippen LogP contribution < -0.4 is 11.1 Å². The van der Waals surface area contributed by atoms with Crippen LogP contribution >= 0.6 is 0 Å². The van der Waals surface area contributed by atoms with Gasteiger partial charge in [0, 0.05) is 30.4 Å². The molecule has 2 aliphatic rings. The van der Waals surface area contributed by atoms with Crippen molar-refractivity contribution >= 4 is 32.8 Å². The summed E-state index contributed by atoms with van der Waals surface area (Å²) in [7, 11) is -3.38. The summed E-state index contributed by atoms with van der Waals surface area (Å²) in [5, 5.41) is 2.97. The molecule has 10 heteroatoms. The predicted molar refractivity (Wildman–Crippen MR) is 131 cm³/mol. The molecule has 0 spiro atoms. The van der Waals surface area contributed by atoms with E-state index in [9.17, 15) is 13.2 Å². The van der Waals surface area contributed by atoms with Crippen LogP contribution in [0.1, 0.15) is 59.2 Å². The van der Waals surface area contributed by atoms with Crippen molar-refractivity contribution in [3.05, 3.63) is 53.0 Å². The molecule has 0 unspecified atom stereocenters. The first-order valence-electron chi connectivity index (χ1n) is 11.8. The van der Waals surface area contributed by atoms with E-state index in [1.54, 1.807) is 12.1 Å². The zero-order chi connectivity index (χ0) is 23.9. The Labute approximate surface area is 199 Å². The van der Waals surface area contributed by atoms with Crippen molar-refractivity contribution in [3.8, 4) is 0 Å². The number of carbonyl (C=O) groups excluding carboxylic acids is 1. The van der Waals surface area contributed by atoms with Crippen LogP contribution in [0, 0.1) is 0 Å². The van der Waals surface area contributed by atoms with Crippen LogP contribution in [0.15, 0.2) is 30.3 Å². The van der Waals surface area contributed by atoms with Crippen LogP contribution in [0.5, 0.6) is 0 Å². The zero-order valence-corrected chi connectivity index (χ0v) is 20.1. The van der Waals surface area contributed by atoms with E-state index in [2.05, 4.69) is 14.9 Å². The Morgan fingerprint density at radius 1 is 1.18 bits per heavy atom. The molecule has 0 saturated heterocycles. The average molecular weight is 483 g/mol. The van der Waals surface area contributed by atoms with Gasteiger partial charge >= 0.3 is 0 Å². The van der Waals surface area contributed by atoms with Crippen molar-refractivity contribution in [2.75, 3.05) is 25.1 Å². The van der Waals surface area contributed by atoms with Crippen molar-refractivity contribution in [2.24, 2.45) is 0 Å². The zero-order valence-electron chi connectivity index (χ0n) is 19.3. The molecule has 1 aromatic carbocycles. The number of hydrogen-bond acceptors (Lipinski definition) is 6. The van der Waals surface area contributed by atoms with Gasteiger partial charge in [-0.3, -0.25) is 4.79 Å². The average Bonchev–Trinajstić information content (AvgIpc) is 3.22. The highest BCUT2D eigenvalue weighted by Gasteiger charge is 2.34. The summed E-state index contributed by atoms with van der Waals surface area (Å²) in [6, 6.07) is 9.02. The molecular weight excluding hydrogens is 452 g/mol. The predicted octanol–water partition coefficient (Wildman–Crippen LogP) is 2.42. The molecular formula is C24H30N6O3S. The van der Waals surface area contributed by atoms with E-state index in [0.717, 1.165) is 36.9 Å². The lowest BCUT2D eigenvalue weighted by Gasteiger charge is -2.34. The number of pyridine rings is 1. The maximum absolute atomic E-state index is 12.4. The maximum atomic E-state index is 12.4. The molecule has 0 bridgehead atoms. The van der Waals surface area contributed by atoms with Crippen LogP contribution in [0.2, 0.25) is 0 Å². The number of benzene rings is 1. The Hall–Kier alpha value is -2.98. The summed E-state index contributed by atoms with van der Waals surface area (Å²) in [4.78, 5) is 21.8. The number of nitrogens with two attached hydrogens (primary N) is 1. The summed E-state index contributed by atoms with van der Waals surface area (Å²) < 4.78 is 28.5. The molecule has 3 heterocycles. The molecule has 1 aliphatic carbocycles. The number of nitrogens with one attached hydrogen (secondary N) is 1. The second kappa shape index (κ2) is 8.99. The molecule has 9 nitrogen and oxygen atoms in total. The minimum atomic E-state index is -3.38. The number of imidazole rings is 1. The molecule has 3 N–H and O–H groups in total. The Morgan fingerprint density at radius 3 is 2.71 bits per heavy atom. The molecule has 180 valence electrons. The van der Waals surface area contributed by atoms with Crippen LogP contribution in [0.3, 0.4) is 0 Å². The molecule has 3 aromatic rings. The first kappa shape index (κ1) is 22.8. The number of fused-ring (bicyclic) bond motifs is 5. The van der Waals surface area contributed by atoms with Gasteiger partial charge in [-0.15, -0.1) is 0 Å². The Bertz CT molecular complexity index is 1340. The Kier molecular flexibility index (Phi) is 6.03. The van der Waals surface area contributed by atoms with E-state index in [0.29, 0.717) is 48.7 Å². The van der Waals surface area contributed by atoms with Crippen molar-refractivity contribution in [2.45, 2.75) is 51.1 Å². The van der Waals surface area contributed by atoms with Gasteiger partial charge in [0.15, 0.2) is 5.82 Å². The number of rotatable bonds is 6. The normalized spacial score (nSPS) is 18.4. The lowest BCUT2D eigenvalue weighted by Crippen LogP contribution is -2.41. The number of aryl methyl sites for hydroxylation is 2. The molecule has 2 aromatic heterocycles. The van der Waals surface area contributed by atoms with E-state index >= 15 is 0 Å². The monoisotopic (exact) mass is 482 g/mol. The second-order valence-electron chi connectivity index (χ2n) is 9.20. The standard InChI is InChI=1S/C24H30N6O3S/c1-34(32,33)29-14-17(10-7-13-26-24(31)16-8-3-2-4-9-16)30-20(15-29)28-21-22(30)18-11-5-6-12-19(18)27-23(21)25/h2-4,8-9,17H,5-7,10-15H2,1H3,(H2,25,27)(H,26,31)/t17-/m0/s1. The first-order chi connectivity index (χ1) is 16.3. The highest BCUT2D eigenvalue weighted by Crippen LogP contribution is 2.37. The minimum absolute atomic E-state index is 0.0927. The number of carbonyl (C=O) groups is 1. The topological polar surface area (TPSA) is 123 Å². The van der Waals surface area contributed by atoms with Gasteiger partial charge in [0.2, 0.25) is 10.0 Å². The quantitative estimate of drug-likeness (QED) is 0.520. The fourth-order valence-electron chi connectivity index (χ4n) is 5.16. The third-order valence-electron chi connectivity index (χ3n) is 6.81. The summed E-state index contributed by atoms with van der Waals surface area (Å²) in [5.74, 6) is 1.01. The van der Waals surface area contributed by atoms with Crippen molar-refractivity contribution < 1.29 is 13.2 Å². The molecule has 1 aliphatic heterocycles. The Morgan fingerprint density at radius 2 is 1.94 bits per heavy atom. The van der Waals surface area contributed by atoms with Crippen LogP contribution in [0.25, 0.3) is 11.0 Å². The van der Waals surface area contributed by atoms with Gasteiger partial charge in [-0.2, -0.15) is 4.31 Å². The SMILES string of the molecule is CS(=O)(=O)N1Cc2nc3c(N)nc4c(c3n2[C@@H](CCCNC(=O)c2ccccc2)C1)CCCC4. The van der Waals surface area contributed by atoms with Gasteiger partial charge in [-0.1, -0.05) is 18.2 Å². The fraction of sp³-hybridized carbons (Fsp3) is 0.458. The van der Waals surface area contributed by atoms with E-state index in [1.807, 2.05) is 18.2 Å². The largest absolute Gasteiger partial charge is 0.382 e. The molecule has 1 amide bonds. The lowest BCUT2D eigenvalue weighted by atomic mass is 9.94. The highest BCUT2D eigenvalue weighted by molar-refractivity contribution is 7.88. The fourth-order valence-corrected chi connectivity index (χ4v) is 5.95. The van der Waals surface area contributed by atoms with Crippen LogP contribution in [-0.2, 0) is 29.4 Å². The van der Waals surface area contributed by atoms with Gasteiger partial charge in [0.05, 0.1) is 18.3 Å². The summed E-state index contributed by atoms with van der Waals surface area (Å²) in [5.41, 5.74) is 10.9. The highest BCUT2D eigenvalue weighted by atomic mass is 32.2. The molecule has 34 heavy (non-hydrogen) atoms. The molecule has 0 fully saturated rings. The van der Waals surface area contributed by atoms with Crippen LogP contribution in [0.4, 0.5) is 5.82 Å². The second-order valence-corrected chi connectivity index (χ2v) is 11.2. The number of amides is 1. The Balaban J connectivity index is 1.43. The number of aromatic nitrogens is 3.